The summed E-state index contributed by atoms with van der Waals surface area (Å²) in [6.07, 6.45) is -2.91. The molecular formula is C22H26ClF3N6O. The van der Waals surface area contributed by atoms with Crippen LogP contribution in [0.25, 0.3) is 0 Å². The van der Waals surface area contributed by atoms with Gasteiger partial charge in [-0.3, -0.25) is 9.69 Å². The summed E-state index contributed by atoms with van der Waals surface area (Å²) in [4.78, 5) is 27.4. The number of likely N-dealkylation sites (N-methyl/N-ethyl adjacent to an activating group) is 1. The van der Waals surface area contributed by atoms with E-state index in [9.17, 15) is 18.0 Å². The third-order valence-electron chi connectivity index (χ3n) is 6.18. The number of benzene rings is 1. The molecule has 1 amide bonds. The Bertz CT molecular complexity index is 1030. The fourth-order valence-electron chi connectivity index (χ4n) is 4.17. The van der Waals surface area contributed by atoms with E-state index >= 15 is 0 Å². The number of nitrogens with one attached hydrogen (secondary N) is 1. The monoisotopic (exact) mass is 482 g/mol. The highest BCUT2D eigenvalue weighted by molar-refractivity contribution is 6.28. The highest BCUT2D eigenvalue weighted by atomic mass is 35.5. The van der Waals surface area contributed by atoms with Gasteiger partial charge in [0.15, 0.2) is 0 Å². The molecule has 0 saturated carbocycles. The number of piperazine rings is 1. The van der Waals surface area contributed by atoms with Gasteiger partial charge in [0.2, 0.25) is 11.2 Å². The molecule has 7 nitrogen and oxygen atoms in total. The number of anilines is 1. The maximum absolute atomic E-state index is 14.6. The van der Waals surface area contributed by atoms with Gasteiger partial charge in [-0.2, -0.15) is 0 Å². The van der Waals surface area contributed by atoms with E-state index in [-0.39, 0.29) is 16.8 Å². The molecule has 4 rings (SSSR count). The lowest BCUT2D eigenvalue weighted by atomic mass is 10.0. The van der Waals surface area contributed by atoms with Crippen LogP contribution in [0.4, 0.5) is 19.0 Å². The first kappa shape index (κ1) is 23.7. The van der Waals surface area contributed by atoms with Crippen molar-refractivity contribution in [2.24, 2.45) is 0 Å². The van der Waals surface area contributed by atoms with Crippen LogP contribution in [0.15, 0.2) is 18.2 Å². The van der Waals surface area contributed by atoms with Crippen LogP contribution in [0.3, 0.4) is 0 Å². The van der Waals surface area contributed by atoms with Crippen LogP contribution in [0.2, 0.25) is 5.28 Å². The standard InChI is InChI=1S/C22H26ClF3N6O/c1-13(14-4-3-5-15(19(14)24)20(25)26)27-21-16-10-32(11-17(16)28-22(23)29-21)18(33)12-31-8-6-30(2)7-9-31/h3-5,13,20H,6-12H2,1-2H3,(H,27,28,29)/t13-/m1/s1. The topological polar surface area (TPSA) is 64.6 Å². The van der Waals surface area contributed by atoms with Gasteiger partial charge in [-0.1, -0.05) is 18.2 Å². The normalized spacial score (nSPS) is 18.0. The minimum Gasteiger partial charge on any atom is -0.363 e. The number of hydrogen-bond acceptors (Lipinski definition) is 6. The Kier molecular flexibility index (Phi) is 7.06. The van der Waals surface area contributed by atoms with Gasteiger partial charge in [0.05, 0.1) is 36.9 Å². The second kappa shape index (κ2) is 9.82. The van der Waals surface area contributed by atoms with E-state index in [0.717, 1.165) is 32.2 Å². The van der Waals surface area contributed by atoms with Crippen LogP contribution in [0.1, 0.15) is 41.8 Å². The second-order valence-corrected chi connectivity index (χ2v) is 8.85. The molecular weight excluding hydrogens is 457 g/mol. The van der Waals surface area contributed by atoms with Crippen LogP contribution in [-0.2, 0) is 17.9 Å². The smallest absolute Gasteiger partial charge is 0.266 e. The van der Waals surface area contributed by atoms with Crippen molar-refractivity contribution in [3.63, 3.8) is 0 Å². The van der Waals surface area contributed by atoms with E-state index in [0.29, 0.717) is 36.7 Å². The van der Waals surface area contributed by atoms with Gasteiger partial charge in [0, 0.05) is 37.3 Å². The van der Waals surface area contributed by atoms with Crippen molar-refractivity contribution in [2.75, 3.05) is 45.1 Å². The van der Waals surface area contributed by atoms with Crippen LogP contribution < -0.4 is 5.32 Å². The molecule has 11 heteroatoms. The number of rotatable bonds is 6. The molecule has 178 valence electrons. The third-order valence-corrected chi connectivity index (χ3v) is 6.34. The molecule has 0 unspecified atom stereocenters. The zero-order valence-electron chi connectivity index (χ0n) is 18.5. The highest BCUT2D eigenvalue weighted by Gasteiger charge is 2.30. The summed E-state index contributed by atoms with van der Waals surface area (Å²) in [6.45, 7) is 6.10. The summed E-state index contributed by atoms with van der Waals surface area (Å²) < 4.78 is 40.8. The molecule has 3 heterocycles. The quantitative estimate of drug-likeness (QED) is 0.636. The van der Waals surface area contributed by atoms with E-state index in [2.05, 4.69) is 32.1 Å². The van der Waals surface area contributed by atoms with Crippen LogP contribution in [0.5, 0.6) is 0 Å². The van der Waals surface area contributed by atoms with Crippen LogP contribution in [0, 0.1) is 5.82 Å². The molecule has 2 aliphatic rings. The maximum atomic E-state index is 14.6. The maximum Gasteiger partial charge on any atom is 0.266 e. The predicted molar refractivity (Wildman–Crippen MR) is 119 cm³/mol. The SMILES string of the molecule is C[C@@H](Nc1nc(Cl)nc2c1CN(C(=O)CN1CCN(C)CC1)C2)c1cccc(C(F)F)c1F. The van der Waals surface area contributed by atoms with E-state index in [4.69, 9.17) is 11.6 Å². The highest BCUT2D eigenvalue weighted by Crippen LogP contribution is 2.32. The van der Waals surface area contributed by atoms with E-state index in [1.165, 1.54) is 12.1 Å². The molecule has 1 fully saturated rings. The fraction of sp³-hybridized carbons (Fsp3) is 0.500. The van der Waals surface area contributed by atoms with Crippen molar-refractivity contribution in [3.8, 4) is 0 Å². The van der Waals surface area contributed by atoms with Gasteiger partial charge in [-0.25, -0.2) is 23.1 Å². The van der Waals surface area contributed by atoms with Crippen molar-refractivity contribution >= 4 is 23.3 Å². The van der Waals surface area contributed by atoms with Crippen molar-refractivity contribution in [1.29, 1.82) is 0 Å². The van der Waals surface area contributed by atoms with Crippen molar-refractivity contribution < 1.29 is 18.0 Å². The Morgan fingerprint density at radius 2 is 1.85 bits per heavy atom. The van der Waals surface area contributed by atoms with Crippen molar-refractivity contribution in [1.82, 2.24) is 24.7 Å². The number of aromatic nitrogens is 2. The number of carbonyl (C=O) groups is 1. The fourth-order valence-corrected chi connectivity index (χ4v) is 4.36. The summed E-state index contributed by atoms with van der Waals surface area (Å²) in [5.41, 5.74) is 0.770. The zero-order chi connectivity index (χ0) is 23.7. The van der Waals surface area contributed by atoms with Crippen LogP contribution in [-0.4, -0.2) is 70.3 Å². The van der Waals surface area contributed by atoms with Crippen LogP contribution >= 0.6 is 11.6 Å². The lowest BCUT2D eigenvalue weighted by molar-refractivity contribution is -0.133. The number of amides is 1. The first-order valence-corrected chi connectivity index (χ1v) is 11.2. The van der Waals surface area contributed by atoms with Crippen molar-refractivity contribution in [3.05, 3.63) is 51.7 Å². The Labute approximate surface area is 195 Å². The van der Waals surface area contributed by atoms with Gasteiger partial charge in [-0.15, -0.1) is 0 Å². The van der Waals surface area contributed by atoms with Gasteiger partial charge in [-0.05, 0) is 25.6 Å². The Morgan fingerprint density at radius 1 is 1.15 bits per heavy atom. The molecule has 2 aliphatic heterocycles. The molecule has 2 aromatic rings. The predicted octanol–water partition coefficient (Wildman–Crippen LogP) is 3.47. The summed E-state index contributed by atoms with van der Waals surface area (Å²) >= 11 is 6.10. The number of hydrogen-bond donors (Lipinski definition) is 1. The van der Waals surface area contributed by atoms with Gasteiger partial charge >= 0.3 is 0 Å². The number of alkyl halides is 2. The Morgan fingerprint density at radius 3 is 2.55 bits per heavy atom. The summed E-state index contributed by atoms with van der Waals surface area (Å²) in [5, 5.41) is 3.08. The number of nitrogens with zero attached hydrogens (tertiary/aromatic N) is 5. The van der Waals surface area contributed by atoms with Gasteiger partial charge < -0.3 is 15.1 Å². The average Bonchev–Trinajstić information content (AvgIpc) is 3.19. The lowest BCUT2D eigenvalue weighted by Gasteiger charge is -2.32. The number of carbonyl (C=O) groups excluding carboxylic acids is 1. The molecule has 0 bridgehead atoms. The molecule has 1 aromatic carbocycles. The first-order chi connectivity index (χ1) is 15.7. The minimum atomic E-state index is -2.91. The van der Waals surface area contributed by atoms with E-state index < -0.39 is 23.8 Å². The molecule has 1 atom stereocenters. The molecule has 33 heavy (non-hydrogen) atoms. The van der Waals surface area contributed by atoms with Gasteiger partial charge in [0.25, 0.3) is 6.43 Å². The molecule has 0 spiro atoms. The Balaban J connectivity index is 1.49. The minimum absolute atomic E-state index is 0.00128. The van der Waals surface area contributed by atoms with Crippen molar-refractivity contribution in [2.45, 2.75) is 32.5 Å². The second-order valence-electron chi connectivity index (χ2n) is 8.51. The molecule has 1 aromatic heterocycles. The lowest BCUT2D eigenvalue weighted by Crippen LogP contribution is -2.48. The summed E-state index contributed by atoms with van der Waals surface area (Å²) in [5.74, 6) is -0.592. The number of halogens is 4. The van der Waals surface area contributed by atoms with E-state index in [1.54, 1.807) is 11.8 Å². The molecule has 0 radical (unpaired) electrons. The summed E-state index contributed by atoms with van der Waals surface area (Å²) in [7, 11) is 2.06. The molecule has 1 N–H and O–H groups in total. The summed E-state index contributed by atoms with van der Waals surface area (Å²) in [6, 6.07) is 3.26. The zero-order valence-corrected chi connectivity index (χ0v) is 19.2. The first-order valence-electron chi connectivity index (χ1n) is 10.8. The van der Waals surface area contributed by atoms with E-state index in [1.807, 2.05) is 0 Å². The third kappa shape index (κ3) is 5.23. The molecule has 0 aliphatic carbocycles. The Hall–Kier alpha value is -2.43. The largest absolute Gasteiger partial charge is 0.363 e. The van der Waals surface area contributed by atoms with Gasteiger partial charge in [0.1, 0.15) is 11.6 Å². The average molecular weight is 483 g/mol. The molecule has 1 saturated heterocycles. The number of fused-ring (bicyclic) bond motifs is 1.